The van der Waals surface area contributed by atoms with Crippen molar-refractivity contribution in [2.75, 3.05) is 5.32 Å². The van der Waals surface area contributed by atoms with Crippen LogP contribution in [0.4, 0.5) is 5.69 Å². The Morgan fingerprint density at radius 2 is 1.94 bits per heavy atom. The molecule has 0 radical (unpaired) electrons. The average Bonchev–Trinajstić information content (AvgIpc) is 2.80. The Kier molecular flexibility index (Phi) is 3.22. The minimum atomic E-state index is -0.869. The average molecular weight is 233 g/mol. The van der Waals surface area contributed by atoms with Gasteiger partial charge >= 0.3 is 5.97 Å². The molecule has 0 amide bonds. The number of thiophene rings is 1. The monoisotopic (exact) mass is 233 g/mol. The van der Waals surface area contributed by atoms with Crippen molar-refractivity contribution in [3.05, 3.63) is 52.7 Å². The number of hydrogen-bond acceptors (Lipinski definition) is 3. The quantitative estimate of drug-likeness (QED) is 0.853. The number of rotatable bonds is 4. The maximum Gasteiger partial charge on any atom is 0.331 e. The molecular formula is C12H11NO2S. The summed E-state index contributed by atoms with van der Waals surface area (Å²) in [6, 6.07) is 12.3. The van der Waals surface area contributed by atoms with Gasteiger partial charge in [-0.3, -0.25) is 0 Å². The zero-order valence-electron chi connectivity index (χ0n) is 8.46. The van der Waals surface area contributed by atoms with E-state index in [9.17, 15) is 4.79 Å². The number of para-hydroxylation sites is 1. The highest BCUT2D eigenvalue weighted by Crippen LogP contribution is 2.23. The summed E-state index contributed by atoms with van der Waals surface area (Å²) in [5.74, 6) is -0.869. The van der Waals surface area contributed by atoms with Crippen molar-refractivity contribution in [2.24, 2.45) is 0 Å². The Labute approximate surface area is 97.4 Å². The molecule has 1 heterocycles. The van der Waals surface area contributed by atoms with Crippen LogP contribution in [0.15, 0.2) is 47.8 Å². The van der Waals surface area contributed by atoms with Crippen molar-refractivity contribution in [3.63, 3.8) is 0 Å². The fraction of sp³-hybridized carbons (Fsp3) is 0.0833. The van der Waals surface area contributed by atoms with Gasteiger partial charge in [-0.05, 0) is 23.6 Å². The maximum atomic E-state index is 11.1. The van der Waals surface area contributed by atoms with Gasteiger partial charge < -0.3 is 10.4 Å². The van der Waals surface area contributed by atoms with Crippen LogP contribution in [0.3, 0.4) is 0 Å². The van der Waals surface area contributed by atoms with E-state index in [1.54, 1.807) is 0 Å². The molecule has 0 aliphatic carbocycles. The van der Waals surface area contributed by atoms with Crippen molar-refractivity contribution < 1.29 is 9.90 Å². The van der Waals surface area contributed by atoms with Crippen LogP contribution in [0.1, 0.15) is 10.9 Å². The lowest BCUT2D eigenvalue weighted by molar-refractivity contribution is -0.138. The van der Waals surface area contributed by atoms with Crippen molar-refractivity contribution in [1.82, 2.24) is 0 Å². The van der Waals surface area contributed by atoms with Crippen LogP contribution >= 0.6 is 11.3 Å². The summed E-state index contributed by atoms with van der Waals surface area (Å²) in [4.78, 5) is 11.9. The normalized spacial score (nSPS) is 12.0. The first-order chi connectivity index (χ1) is 7.77. The lowest BCUT2D eigenvalue weighted by atomic mass is 10.2. The van der Waals surface area contributed by atoms with E-state index in [-0.39, 0.29) is 0 Å². The van der Waals surface area contributed by atoms with Crippen molar-refractivity contribution >= 4 is 23.0 Å². The highest BCUT2D eigenvalue weighted by atomic mass is 32.1. The van der Waals surface area contributed by atoms with Gasteiger partial charge in [0.2, 0.25) is 0 Å². The van der Waals surface area contributed by atoms with Gasteiger partial charge in [-0.2, -0.15) is 0 Å². The molecule has 1 aromatic carbocycles. The highest BCUT2D eigenvalue weighted by molar-refractivity contribution is 7.10. The molecule has 16 heavy (non-hydrogen) atoms. The maximum absolute atomic E-state index is 11.1. The minimum absolute atomic E-state index is 0.678. The summed E-state index contributed by atoms with van der Waals surface area (Å²) in [5.41, 5.74) is 0.809. The molecule has 0 aliphatic rings. The van der Waals surface area contributed by atoms with Gasteiger partial charge in [-0.25, -0.2) is 4.79 Å². The molecule has 2 N–H and O–H groups in total. The molecule has 0 saturated heterocycles. The summed E-state index contributed by atoms with van der Waals surface area (Å²) in [7, 11) is 0. The first-order valence-electron chi connectivity index (χ1n) is 4.85. The second-order valence-electron chi connectivity index (χ2n) is 3.30. The Hall–Kier alpha value is -1.81. The molecule has 0 spiro atoms. The molecule has 2 rings (SSSR count). The Morgan fingerprint density at radius 1 is 1.19 bits per heavy atom. The number of benzene rings is 1. The molecule has 0 saturated carbocycles. The summed E-state index contributed by atoms with van der Waals surface area (Å²) in [6.07, 6.45) is 0. The van der Waals surface area contributed by atoms with Crippen molar-refractivity contribution in [1.29, 1.82) is 0 Å². The fourth-order valence-electron chi connectivity index (χ4n) is 1.41. The highest BCUT2D eigenvalue weighted by Gasteiger charge is 2.20. The predicted molar refractivity (Wildman–Crippen MR) is 64.8 cm³/mol. The molecule has 1 aromatic heterocycles. The SMILES string of the molecule is O=C(O)[C@@H](Nc1ccccc1)c1cccs1. The molecule has 0 bridgehead atoms. The first kappa shape index (κ1) is 10.7. The lowest BCUT2D eigenvalue weighted by Gasteiger charge is -2.13. The van der Waals surface area contributed by atoms with Crippen LogP contribution in [0, 0.1) is 0 Å². The van der Waals surface area contributed by atoms with E-state index in [1.165, 1.54) is 11.3 Å². The van der Waals surface area contributed by atoms with E-state index in [1.807, 2.05) is 47.8 Å². The van der Waals surface area contributed by atoms with Gasteiger partial charge in [0.15, 0.2) is 6.04 Å². The van der Waals surface area contributed by atoms with E-state index in [2.05, 4.69) is 5.32 Å². The Morgan fingerprint density at radius 3 is 2.50 bits per heavy atom. The second kappa shape index (κ2) is 4.81. The Balaban J connectivity index is 2.19. The van der Waals surface area contributed by atoms with Crippen molar-refractivity contribution in [2.45, 2.75) is 6.04 Å². The number of carboxylic acid groups (broad SMARTS) is 1. The van der Waals surface area contributed by atoms with Crippen LogP contribution in [0.25, 0.3) is 0 Å². The summed E-state index contributed by atoms with van der Waals surface area (Å²) in [5, 5.41) is 14.0. The third-order valence-electron chi connectivity index (χ3n) is 2.16. The molecular weight excluding hydrogens is 222 g/mol. The van der Waals surface area contributed by atoms with Crippen LogP contribution in [-0.2, 0) is 4.79 Å². The van der Waals surface area contributed by atoms with Crippen LogP contribution in [-0.4, -0.2) is 11.1 Å². The number of carbonyl (C=O) groups is 1. The number of carboxylic acids is 1. The third-order valence-corrected chi connectivity index (χ3v) is 3.10. The molecule has 2 aromatic rings. The molecule has 1 atom stereocenters. The van der Waals surface area contributed by atoms with E-state index in [0.29, 0.717) is 0 Å². The summed E-state index contributed by atoms with van der Waals surface area (Å²) < 4.78 is 0. The van der Waals surface area contributed by atoms with Gasteiger partial charge in [0.05, 0.1) is 0 Å². The molecule has 3 nitrogen and oxygen atoms in total. The molecule has 0 fully saturated rings. The van der Waals surface area contributed by atoms with Gasteiger partial charge in [0.1, 0.15) is 0 Å². The van der Waals surface area contributed by atoms with Gasteiger partial charge in [-0.15, -0.1) is 11.3 Å². The fourth-order valence-corrected chi connectivity index (χ4v) is 2.18. The molecule has 0 aliphatic heterocycles. The second-order valence-corrected chi connectivity index (χ2v) is 4.28. The molecule has 82 valence electrons. The van der Waals surface area contributed by atoms with Gasteiger partial charge in [-0.1, -0.05) is 24.3 Å². The third kappa shape index (κ3) is 2.41. The number of anilines is 1. The summed E-state index contributed by atoms with van der Waals surface area (Å²) >= 11 is 1.44. The summed E-state index contributed by atoms with van der Waals surface area (Å²) in [6.45, 7) is 0. The van der Waals surface area contributed by atoms with Gasteiger partial charge in [0, 0.05) is 10.6 Å². The Bertz CT molecular complexity index is 453. The zero-order chi connectivity index (χ0) is 11.4. The van der Waals surface area contributed by atoms with Crippen LogP contribution in [0.5, 0.6) is 0 Å². The predicted octanol–water partition coefficient (Wildman–Crippen LogP) is 2.99. The smallest absolute Gasteiger partial charge is 0.331 e. The number of nitrogens with one attached hydrogen (secondary N) is 1. The van der Waals surface area contributed by atoms with Crippen molar-refractivity contribution in [3.8, 4) is 0 Å². The standard InChI is InChI=1S/C12H11NO2S/c14-12(15)11(10-7-4-8-16-10)13-9-5-2-1-3-6-9/h1-8,11,13H,(H,14,15)/t11-/m0/s1. The minimum Gasteiger partial charge on any atom is -0.479 e. The van der Waals surface area contributed by atoms with Crippen LogP contribution < -0.4 is 5.32 Å². The van der Waals surface area contributed by atoms with E-state index >= 15 is 0 Å². The van der Waals surface area contributed by atoms with E-state index in [0.717, 1.165) is 10.6 Å². The molecule has 4 heteroatoms. The van der Waals surface area contributed by atoms with E-state index < -0.39 is 12.0 Å². The topological polar surface area (TPSA) is 49.3 Å². The lowest BCUT2D eigenvalue weighted by Crippen LogP contribution is -2.19. The van der Waals surface area contributed by atoms with Crippen LogP contribution in [0.2, 0.25) is 0 Å². The number of hydrogen-bond donors (Lipinski definition) is 2. The van der Waals surface area contributed by atoms with E-state index in [4.69, 9.17) is 5.11 Å². The molecule has 0 unspecified atom stereocenters. The zero-order valence-corrected chi connectivity index (χ0v) is 9.28. The largest absolute Gasteiger partial charge is 0.479 e. The number of aliphatic carboxylic acids is 1. The first-order valence-corrected chi connectivity index (χ1v) is 5.73. The van der Waals surface area contributed by atoms with Gasteiger partial charge in [0.25, 0.3) is 0 Å².